The Morgan fingerprint density at radius 1 is 1.00 bits per heavy atom. The van der Waals surface area contributed by atoms with E-state index in [4.69, 9.17) is 34.8 Å². The van der Waals surface area contributed by atoms with Crippen molar-refractivity contribution in [3.63, 3.8) is 0 Å². The minimum absolute atomic E-state index is 0.0419. The van der Waals surface area contributed by atoms with Gasteiger partial charge in [-0.1, -0.05) is 47.8 Å². The minimum Gasteiger partial charge on any atom is -0.350 e. The first kappa shape index (κ1) is 31.2. The molecular weight excluding hydrogens is 557 g/mol. The molecule has 0 aliphatic carbocycles. The van der Waals surface area contributed by atoms with Gasteiger partial charge >= 0.3 is 0 Å². The van der Waals surface area contributed by atoms with Crippen LogP contribution >= 0.6 is 34.8 Å². The Labute approximate surface area is 235 Å². The van der Waals surface area contributed by atoms with Crippen LogP contribution in [-0.4, -0.2) is 49.5 Å². The number of sulfonamides is 1. The van der Waals surface area contributed by atoms with Gasteiger partial charge in [-0.15, -0.1) is 0 Å². The van der Waals surface area contributed by atoms with Crippen molar-refractivity contribution in [2.24, 2.45) is 0 Å². The first-order valence-electron chi connectivity index (χ1n) is 11.9. The number of hydrogen-bond acceptors (Lipinski definition) is 4. The third kappa shape index (κ3) is 9.67. The van der Waals surface area contributed by atoms with Crippen LogP contribution < -0.4 is 9.62 Å². The third-order valence-corrected chi connectivity index (χ3v) is 7.67. The molecule has 0 fully saturated rings. The Morgan fingerprint density at radius 3 is 2.14 bits per heavy atom. The van der Waals surface area contributed by atoms with Gasteiger partial charge in [0.1, 0.15) is 6.04 Å². The Bertz CT molecular complexity index is 1200. The summed E-state index contributed by atoms with van der Waals surface area (Å²) >= 11 is 18.2. The van der Waals surface area contributed by atoms with Gasteiger partial charge in [0.2, 0.25) is 21.8 Å². The molecule has 0 radical (unpaired) electrons. The van der Waals surface area contributed by atoms with Gasteiger partial charge in [-0.05, 0) is 75.6 Å². The van der Waals surface area contributed by atoms with Crippen LogP contribution in [0.25, 0.3) is 0 Å². The Balaban J connectivity index is 2.26. The monoisotopic (exact) mass is 589 g/mol. The molecule has 2 amide bonds. The van der Waals surface area contributed by atoms with Gasteiger partial charge in [-0.2, -0.15) is 0 Å². The second kappa shape index (κ2) is 13.2. The van der Waals surface area contributed by atoms with E-state index in [1.807, 2.05) is 27.7 Å². The number of carbonyl (C=O) groups is 2. The molecule has 7 nitrogen and oxygen atoms in total. The van der Waals surface area contributed by atoms with Crippen molar-refractivity contribution in [3.05, 3.63) is 63.1 Å². The van der Waals surface area contributed by atoms with Crippen molar-refractivity contribution in [1.29, 1.82) is 0 Å². The maximum absolute atomic E-state index is 13.5. The number of rotatable bonds is 11. The summed E-state index contributed by atoms with van der Waals surface area (Å²) in [5.41, 5.74) is 0.712. The number of amides is 2. The summed E-state index contributed by atoms with van der Waals surface area (Å²) in [4.78, 5) is 28.1. The highest BCUT2D eigenvalue weighted by Gasteiger charge is 2.31. The summed E-state index contributed by atoms with van der Waals surface area (Å²) in [5, 5.41) is 4.19. The molecule has 204 valence electrons. The molecule has 0 heterocycles. The zero-order valence-electron chi connectivity index (χ0n) is 21.7. The predicted molar refractivity (Wildman–Crippen MR) is 152 cm³/mol. The molecule has 1 N–H and O–H groups in total. The summed E-state index contributed by atoms with van der Waals surface area (Å²) < 4.78 is 26.1. The van der Waals surface area contributed by atoms with Gasteiger partial charge in [-0.25, -0.2) is 8.42 Å². The molecule has 1 atom stereocenters. The van der Waals surface area contributed by atoms with Crippen LogP contribution in [0.1, 0.15) is 52.5 Å². The lowest BCUT2D eigenvalue weighted by atomic mass is 10.0. The van der Waals surface area contributed by atoms with Crippen molar-refractivity contribution in [3.8, 4) is 0 Å². The summed E-state index contributed by atoms with van der Waals surface area (Å²) in [6.45, 7) is 7.71. The topological polar surface area (TPSA) is 86.8 Å². The molecular formula is C26H34Cl3N3O4S. The van der Waals surface area contributed by atoms with E-state index in [1.165, 1.54) is 9.21 Å². The molecule has 0 unspecified atom stereocenters. The van der Waals surface area contributed by atoms with E-state index in [0.29, 0.717) is 27.2 Å². The fraction of sp³-hybridized carbons (Fsp3) is 0.462. The standard InChI is InChI=1S/C26H34Cl3N3O4S/c1-6-23(25(34)30-26(2,3)4)31(17-18-9-14-21(28)22(29)16-18)24(33)8-7-15-32(37(5,35)36)20-12-10-19(27)11-13-20/h9-14,16,23H,6-8,15,17H2,1-5H3,(H,30,34)/t23-/m1/s1. The normalized spacial score (nSPS) is 12.6. The molecule has 0 aliphatic heterocycles. The number of carbonyl (C=O) groups excluding carboxylic acids is 2. The first-order valence-corrected chi connectivity index (χ1v) is 14.9. The molecule has 0 saturated heterocycles. The molecule has 0 bridgehead atoms. The van der Waals surface area contributed by atoms with Crippen LogP contribution in [-0.2, 0) is 26.2 Å². The second-order valence-electron chi connectivity index (χ2n) is 9.85. The molecule has 2 aromatic rings. The van der Waals surface area contributed by atoms with Crippen molar-refractivity contribution in [2.75, 3.05) is 17.1 Å². The molecule has 0 spiro atoms. The molecule has 0 saturated carbocycles. The average Bonchev–Trinajstić information content (AvgIpc) is 2.77. The summed E-state index contributed by atoms with van der Waals surface area (Å²) in [6, 6.07) is 10.8. The fourth-order valence-corrected chi connectivity index (χ4v) is 5.23. The highest BCUT2D eigenvalue weighted by Crippen LogP contribution is 2.25. The minimum atomic E-state index is -3.59. The van der Waals surface area contributed by atoms with Gasteiger partial charge in [0, 0.05) is 30.1 Å². The Hall–Kier alpha value is -2.00. The zero-order chi connectivity index (χ0) is 28.0. The lowest BCUT2D eigenvalue weighted by Gasteiger charge is -2.33. The van der Waals surface area contributed by atoms with Gasteiger partial charge in [0.25, 0.3) is 0 Å². The summed E-state index contributed by atoms with van der Waals surface area (Å²) in [7, 11) is -3.59. The molecule has 0 aliphatic rings. The number of hydrogen-bond donors (Lipinski definition) is 1. The maximum atomic E-state index is 13.5. The van der Waals surface area contributed by atoms with Gasteiger partial charge in [0.05, 0.1) is 22.0 Å². The highest BCUT2D eigenvalue weighted by atomic mass is 35.5. The van der Waals surface area contributed by atoms with Crippen LogP contribution in [0, 0.1) is 0 Å². The number of nitrogens with one attached hydrogen (secondary N) is 1. The SMILES string of the molecule is CC[C@H](C(=O)NC(C)(C)C)N(Cc1ccc(Cl)c(Cl)c1)C(=O)CCCN(c1ccc(Cl)cc1)S(C)(=O)=O. The largest absolute Gasteiger partial charge is 0.350 e. The van der Waals surface area contributed by atoms with Crippen molar-refractivity contribution < 1.29 is 18.0 Å². The smallest absolute Gasteiger partial charge is 0.243 e. The quantitative estimate of drug-likeness (QED) is 0.352. The first-order chi connectivity index (χ1) is 17.1. The number of anilines is 1. The third-order valence-electron chi connectivity index (χ3n) is 5.49. The molecule has 37 heavy (non-hydrogen) atoms. The van der Waals surface area contributed by atoms with Crippen molar-refractivity contribution >= 4 is 62.3 Å². The van der Waals surface area contributed by atoms with E-state index in [9.17, 15) is 18.0 Å². The van der Waals surface area contributed by atoms with E-state index in [-0.39, 0.29) is 37.7 Å². The van der Waals surface area contributed by atoms with E-state index >= 15 is 0 Å². The van der Waals surface area contributed by atoms with Gasteiger partial charge in [0.15, 0.2) is 0 Å². The maximum Gasteiger partial charge on any atom is 0.243 e. The number of nitrogens with zero attached hydrogens (tertiary/aromatic N) is 2. The van der Waals surface area contributed by atoms with Crippen LogP contribution in [0.15, 0.2) is 42.5 Å². The number of halogens is 3. The highest BCUT2D eigenvalue weighted by molar-refractivity contribution is 7.92. The number of benzene rings is 2. The van der Waals surface area contributed by atoms with E-state index in [2.05, 4.69) is 5.32 Å². The Kier molecular flexibility index (Phi) is 11.1. The van der Waals surface area contributed by atoms with Crippen LogP contribution in [0.2, 0.25) is 15.1 Å². The van der Waals surface area contributed by atoms with E-state index in [0.717, 1.165) is 11.8 Å². The summed E-state index contributed by atoms with van der Waals surface area (Å²) in [6.07, 6.45) is 1.81. The van der Waals surface area contributed by atoms with Crippen molar-refractivity contribution in [2.45, 2.75) is 65.1 Å². The molecule has 0 aromatic heterocycles. The van der Waals surface area contributed by atoms with Gasteiger partial charge < -0.3 is 10.2 Å². The zero-order valence-corrected chi connectivity index (χ0v) is 24.8. The molecule has 2 aromatic carbocycles. The Morgan fingerprint density at radius 2 is 1.62 bits per heavy atom. The van der Waals surface area contributed by atoms with Crippen molar-refractivity contribution in [1.82, 2.24) is 10.2 Å². The van der Waals surface area contributed by atoms with Crippen LogP contribution in [0.3, 0.4) is 0 Å². The second-order valence-corrected chi connectivity index (χ2v) is 13.0. The van der Waals surface area contributed by atoms with Crippen LogP contribution in [0.4, 0.5) is 5.69 Å². The predicted octanol–water partition coefficient (Wildman–Crippen LogP) is 5.92. The molecule has 2 rings (SSSR count). The van der Waals surface area contributed by atoms with Crippen LogP contribution in [0.5, 0.6) is 0 Å². The lowest BCUT2D eigenvalue weighted by Crippen LogP contribution is -2.53. The molecule has 11 heteroatoms. The summed E-state index contributed by atoms with van der Waals surface area (Å²) in [5.74, 6) is -0.533. The fourth-order valence-electron chi connectivity index (χ4n) is 3.82. The lowest BCUT2D eigenvalue weighted by molar-refractivity contribution is -0.142. The van der Waals surface area contributed by atoms with Gasteiger partial charge in [-0.3, -0.25) is 13.9 Å². The van der Waals surface area contributed by atoms with E-state index in [1.54, 1.807) is 42.5 Å². The van der Waals surface area contributed by atoms with E-state index < -0.39 is 21.6 Å². The average molecular weight is 591 g/mol.